The molecule has 3 heteroatoms. The number of halogens is 2. The van der Waals surface area contributed by atoms with Crippen LogP contribution < -0.4 is 0 Å². The van der Waals surface area contributed by atoms with E-state index in [1.54, 1.807) is 0 Å². The van der Waals surface area contributed by atoms with Gasteiger partial charge < -0.3 is 0 Å². The second kappa shape index (κ2) is 3.89. The van der Waals surface area contributed by atoms with Gasteiger partial charge in [-0.25, -0.2) is 0 Å². The average Bonchev–Trinajstić information content (AvgIpc) is 1.59. The molecule has 0 aliphatic carbocycles. The molecule has 0 saturated carbocycles. The van der Waals surface area contributed by atoms with Crippen molar-refractivity contribution in [2.24, 2.45) is 5.41 Å². The van der Waals surface area contributed by atoms with Crippen LogP contribution in [0.1, 0.15) is 20.8 Å². The summed E-state index contributed by atoms with van der Waals surface area (Å²) in [6.07, 6.45) is 1.94. The van der Waals surface area contributed by atoms with Crippen LogP contribution in [-0.4, -0.2) is 4.26 Å². The molecule has 0 spiro atoms. The summed E-state index contributed by atoms with van der Waals surface area (Å²) in [5, 5.41) is 0. The molecule has 9 heavy (non-hydrogen) atoms. The number of hydrogen-bond donors (Lipinski definition) is 0. The third-order valence-electron chi connectivity index (χ3n) is 0.561. The molecule has 0 saturated heterocycles. The molecule has 0 radical (unpaired) electrons. The van der Waals surface area contributed by atoms with Crippen molar-refractivity contribution in [3.8, 4) is 0 Å². The molecule has 0 amide bonds. The van der Waals surface area contributed by atoms with Gasteiger partial charge in [0.25, 0.3) is 0 Å². The van der Waals surface area contributed by atoms with Gasteiger partial charge in [0.05, 0.1) is 0 Å². The Morgan fingerprint density at radius 3 is 1.89 bits per heavy atom. The minimum atomic E-state index is -1.67. The van der Waals surface area contributed by atoms with Gasteiger partial charge in [0, 0.05) is 0 Å². The fourth-order valence-corrected chi connectivity index (χ4v) is 1.59. The molecule has 0 aromatic carbocycles. The molecule has 56 valence electrons. The Balaban J connectivity index is 4.17. The van der Waals surface area contributed by atoms with Crippen LogP contribution in [0.3, 0.4) is 0 Å². The molecule has 0 aliphatic heterocycles. The predicted octanol–water partition coefficient (Wildman–Crippen LogP) is 2.92. The van der Waals surface area contributed by atoms with Crippen molar-refractivity contribution in [1.29, 1.82) is 0 Å². The first kappa shape index (κ1) is 9.85. The molecule has 0 aliphatic rings. The predicted molar refractivity (Wildman–Crippen MR) is 40.7 cm³/mol. The van der Waals surface area contributed by atoms with Crippen LogP contribution in [0.2, 0.25) is 0 Å². The van der Waals surface area contributed by atoms with Gasteiger partial charge in [-0.1, -0.05) is 0 Å². The van der Waals surface area contributed by atoms with Crippen molar-refractivity contribution >= 4 is 23.6 Å². The first-order valence-corrected chi connectivity index (χ1v) is 7.87. The zero-order valence-corrected chi connectivity index (χ0v) is 8.94. The van der Waals surface area contributed by atoms with Gasteiger partial charge in [0.1, 0.15) is 0 Å². The standard InChI is InChI=1S/C6H10.2ClH.Ru/c1-5-6(2,3)4;;;/h5H,2-4H3;2*1H;/q;;;+2/p-2. The molecule has 0 aromatic rings. The Bertz CT molecular complexity index is 145. The second-order valence-electron chi connectivity index (χ2n) is 2.80. The quantitative estimate of drug-likeness (QED) is 0.583. The Morgan fingerprint density at radius 2 is 1.78 bits per heavy atom. The number of hydrogen-bond acceptors (Lipinski definition) is 0. The van der Waals surface area contributed by atoms with Gasteiger partial charge >= 0.3 is 69.4 Å². The summed E-state index contributed by atoms with van der Waals surface area (Å²) < 4.78 is 2.93. The molecular formula is C6H10Cl2Ru. The third kappa shape index (κ3) is 8.85. The topological polar surface area (TPSA) is 0 Å². The van der Waals surface area contributed by atoms with E-state index < -0.39 is 13.5 Å². The van der Waals surface area contributed by atoms with Crippen LogP contribution in [-0.2, 0) is 13.5 Å². The van der Waals surface area contributed by atoms with Crippen molar-refractivity contribution in [2.75, 3.05) is 0 Å². The number of allylic oxidation sites excluding steroid dienone is 1. The third-order valence-corrected chi connectivity index (χ3v) is 2.10. The summed E-state index contributed by atoms with van der Waals surface area (Å²) in [7, 11) is 11.1. The van der Waals surface area contributed by atoms with Crippen LogP contribution in [0.25, 0.3) is 0 Å². The molecule has 0 rings (SSSR count). The van der Waals surface area contributed by atoms with Crippen molar-refractivity contribution < 1.29 is 13.5 Å². The van der Waals surface area contributed by atoms with E-state index in [1.165, 1.54) is 0 Å². The van der Waals surface area contributed by atoms with Gasteiger partial charge in [0.15, 0.2) is 0 Å². The second-order valence-corrected chi connectivity index (χ2v) is 8.18. The Hall–Kier alpha value is 0.853. The molecule has 0 heterocycles. The molecule has 0 fully saturated rings. The van der Waals surface area contributed by atoms with Crippen molar-refractivity contribution in [3.05, 3.63) is 6.08 Å². The van der Waals surface area contributed by atoms with Crippen LogP contribution >= 0.6 is 19.4 Å². The van der Waals surface area contributed by atoms with E-state index in [2.05, 4.69) is 25.0 Å². The van der Waals surface area contributed by atoms with Crippen LogP contribution in [0.5, 0.6) is 0 Å². The van der Waals surface area contributed by atoms with E-state index in [0.29, 0.717) is 0 Å². The van der Waals surface area contributed by atoms with Crippen LogP contribution in [0, 0.1) is 5.41 Å². The molecule has 0 atom stereocenters. The maximum atomic E-state index is 5.55. The summed E-state index contributed by atoms with van der Waals surface area (Å²) >= 11 is -1.67. The van der Waals surface area contributed by atoms with Crippen molar-refractivity contribution in [1.82, 2.24) is 0 Å². The Kier molecular flexibility index (Phi) is 4.25. The Labute approximate surface area is 69.4 Å². The van der Waals surface area contributed by atoms with Crippen LogP contribution in [0.15, 0.2) is 6.08 Å². The zero-order valence-electron chi connectivity index (χ0n) is 5.69. The monoisotopic (exact) mass is 254 g/mol. The van der Waals surface area contributed by atoms with Crippen molar-refractivity contribution in [3.63, 3.8) is 0 Å². The fourth-order valence-electron chi connectivity index (χ4n) is 0.192. The molecule has 0 bridgehead atoms. The SMILES string of the molecule is CC(C)(C)C=[C]=[Ru]([Cl])[Cl]. The van der Waals surface area contributed by atoms with Gasteiger partial charge in [0.2, 0.25) is 0 Å². The van der Waals surface area contributed by atoms with Gasteiger partial charge in [-0.3, -0.25) is 0 Å². The van der Waals surface area contributed by atoms with E-state index in [-0.39, 0.29) is 5.41 Å². The molecule has 0 unspecified atom stereocenters. The maximum absolute atomic E-state index is 5.55. The van der Waals surface area contributed by atoms with Gasteiger partial charge in [-0.2, -0.15) is 0 Å². The van der Waals surface area contributed by atoms with E-state index in [0.717, 1.165) is 0 Å². The first-order chi connectivity index (χ1) is 3.92. The summed E-state index contributed by atoms with van der Waals surface area (Å²) in [6, 6.07) is 0. The average molecular weight is 254 g/mol. The van der Waals surface area contributed by atoms with E-state index in [1.807, 2.05) is 6.08 Å². The normalized spacial score (nSPS) is 12.3. The molecule has 0 aromatic heterocycles. The first-order valence-electron chi connectivity index (χ1n) is 2.52. The van der Waals surface area contributed by atoms with Gasteiger partial charge in [-0.05, 0) is 0 Å². The number of rotatable bonds is 0. The molecular weight excluding hydrogens is 244 g/mol. The van der Waals surface area contributed by atoms with Crippen molar-refractivity contribution in [2.45, 2.75) is 20.8 Å². The summed E-state index contributed by atoms with van der Waals surface area (Å²) in [4.78, 5) is 0. The summed E-state index contributed by atoms with van der Waals surface area (Å²) in [5.74, 6) is 0. The minimum absolute atomic E-state index is 0.163. The summed E-state index contributed by atoms with van der Waals surface area (Å²) in [6.45, 7) is 6.27. The fraction of sp³-hybridized carbons (Fsp3) is 0.667. The molecule has 0 N–H and O–H groups in total. The van der Waals surface area contributed by atoms with E-state index >= 15 is 0 Å². The van der Waals surface area contributed by atoms with E-state index in [9.17, 15) is 0 Å². The van der Waals surface area contributed by atoms with Crippen LogP contribution in [0.4, 0.5) is 0 Å². The summed E-state index contributed by atoms with van der Waals surface area (Å²) in [5.41, 5.74) is 0.163. The van der Waals surface area contributed by atoms with Gasteiger partial charge in [-0.15, -0.1) is 0 Å². The van der Waals surface area contributed by atoms with E-state index in [4.69, 9.17) is 19.4 Å². The zero-order chi connectivity index (χ0) is 7.49. The Morgan fingerprint density at radius 1 is 1.33 bits per heavy atom. The molecule has 0 nitrogen and oxygen atoms in total.